The molecule has 1 aliphatic rings. The van der Waals surface area contributed by atoms with E-state index in [0.29, 0.717) is 18.1 Å². The van der Waals surface area contributed by atoms with Crippen LogP contribution in [0, 0.1) is 0 Å². The number of aromatic nitrogens is 1. The number of H-pyrrole nitrogens is 1. The van der Waals surface area contributed by atoms with Crippen molar-refractivity contribution in [1.29, 1.82) is 0 Å². The molecule has 0 unspecified atom stereocenters. The SMILES string of the molecule is C=CCOc1[nH]c2ccccc2c1C(=O)OCC1=CCCC=C1. The van der Waals surface area contributed by atoms with Gasteiger partial charge in [0.05, 0.1) is 0 Å². The molecule has 1 aromatic heterocycles. The Morgan fingerprint density at radius 2 is 2.17 bits per heavy atom. The largest absolute Gasteiger partial charge is 0.474 e. The third kappa shape index (κ3) is 3.37. The first-order valence-corrected chi connectivity index (χ1v) is 7.66. The number of aromatic amines is 1. The maximum absolute atomic E-state index is 12.5. The van der Waals surface area contributed by atoms with Gasteiger partial charge in [-0.3, -0.25) is 0 Å². The van der Waals surface area contributed by atoms with Crippen molar-refractivity contribution in [3.8, 4) is 5.88 Å². The van der Waals surface area contributed by atoms with Gasteiger partial charge in [0, 0.05) is 10.9 Å². The van der Waals surface area contributed by atoms with Crippen LogP contribution in [0.3, 0.4) is 0 Å². The second-order valence-electron chi connectivity index (χ2n) is 5.31. The first-order valence-electron chi connectivity index (χ1n) is 7.66. The first-order chi connectivity index (χ1) is 11.3. The summed E-state index contributed by atoms with van der Waals surface area (Å²) in [6, 6.07) is 7.57. The molecule has 0 saturated heterocycles. The van der Waals surface area contributed by atoms with E-state index in [1.807, 2.05) is 30.3 Å². The van der Waals surface area contributed by atoms with Crippen LogP contribution in [-0.4, -0.2) is 24.2 Å². The standard InChI is InChI=1S/C19H19NO3/c1-2-12-22-18-17(15-10-6-7-11-16(15)20-18)19(21)23-13-14-8-4-3-5-9-14/h2,4,6-11,20H,1,3,5,12-13H2. The molecule has 2 aromatic rings. The highest BCUT2D eigenvalue weighted by Gasteiger charge is 2.21. The summed E-state index contributed by atoms with van der Waals surface area (Å²) in [4.78, 5) is 15.7. The number of carbonyl (C=O) groups excluding carboxylic acids is 1. The highest BCUT2D eigenvalue weighted by molar-refractivity contribution is 6.06. The normalized spacial score (nSPS) is 13.7. The molecular formula is C19H19NO3. The summed E-state index contributed by atoms with van der Waals surface area (Å²) in [6.07, 6.45) is 9.86. The van der Waals surface area contributed by atoms with Crippen molar-refractivity contribution < 1.29 is 14.3 Å². The van der Waals surface area contributed by atoms with Gasteiger partial charge in [-0.2, -0.15) is 0 Å². The van der Waals surface area contributed by atoms with Crippen molar-refractivity contribution in [2.45, 2.75) is 12.8 Å². The minimum atomic E-state index is -0.388. The molecule has 0 atom stereocenters. The number of ether oxygens (including phenoxy) is 2. The average Bonchev–Trinajstić information content (AvgIpc) is 2.97. The van der Waals surface area contributed by atoms with Crippen LogP contribution in [0.1, 0.15) is 23.2 Å². The number of esters is 1. The van der Waals surface area contributed by atoms with Crippen molar-refractivity contribution in [2.75, 3.05) is 13.2 Å². The van der Waals surface area contributed by atoms with E-state index >= 15 is 0 Å². The van der Waals surface area contributed by atoms with Gasteiger partial charge in [0.1, 0.15) is 18.8 Å². The van der Waals surface area contributed by atoms with Crippen LogP contribution >= 0.6 is 0 Å². The molecule has 4 heteroatoms. The van der Waals surface area contributed by atoms with Crippen LogP contribution in [0.5, 0.6) is 5.88 Å². The van der Waals surface area contributed by atoms with Gasteiger partial charge in [-0.1, -0.05) is 49.1 Å². The number of hydrogen-bond acceptors (Lipinski definition) is 3. The first kappa shape index (κ1) is 15.2. The fourth-order valence-electron chi connectivity index (χ4n) is 2.57. The van der Waals surface area contributed by atoms with Gasteiger partial charge in [0.2, 0.25) is 5.88 Å². The van der Waals surface area contributed by atoms with E-state index < -0.39 is 0 Å². The number of allylic oxidation sites excluding steroid dienone is 2. The third-order valence-electron chi connectivity index (χ3n) is 3.66. The van der Waals surface area contributed by atoms with Gasteiger partial charge in [-0.15, -0.1) is 0 Å². The fourth-order valence-corrected chi connectivity index (χ4v) is 2.57. The summed E-state index contributed by atoms with van der Waals surface area (Å²) in [7, 11) is 0. The molecule has 0 amide bonds. The van der Waals surface area contributed by atoms with E-state index in [-0.39, 0.29) is 12.6 Å². The smallest absolute Gasteiger partial charge is 0.344 e. The number of fused-ring (bicyclic) bond motifs is 1. The van der Waals surface area contributed by atoms with E-state index in [1.54, 1.807) is 6.08 Å². The van der Waals surface area contributed by atoms with Crippen LogP contribution < -0.4 is 4.74 Å². The Morgan fingerprint density at radius 3 is 2.96 bits per heavy atom. The summed E-state index contributed by atoms with van der Waals surface area (Å²) >= 11 is 0. The number of rotatable bonds is 6. The van der Waals surface area contributed by atoms with Crippen molar-refractivity contribution in [2.24, 2.45) is 0 Å². The number of hydrogen-bond donors (Lipinski definition) is 1. The molecular weight excluding hydrogens is 290 g/mol. The summed E-state index contributed by atoms with van der Waals surface area (Å²) in [5.74, 6) is 0.0330. The number of nitrogens with one attached hydrogen (secondary N) is 1. The summed E-state index contributed by atoms with van der Waals surface area (Å²) < 4.78 is 11.1. The minimum absolute atomic E-state index is 0.274. The van der Waals surface area contributed by atoms with E-state index in [9.17, 15) is 4.79 Å². The second-order valence-corrected chi connectivity index (χ2v) is 5.31. The Balaban J connectivity index is 1.84. The van der Waals surface area contributed by atoms with Gasteiger partial charge in [0.25, 0.3) is 0 Å². The molecule has 118 valence electrons. The molecule has 0 saturated carbocycles. The quantitative estimate of drug-likeness (QED) is 0.643. The van der Waals surface area contributed by atoms with Crippen molar-refractivity contribution in [1.82, 2.24) is 4.98 Å². The van der Waals surface area contributed by atoms with Crippen molar-refractivity contribution >= 4 is 16.9 Å². The average molecular weight is 309 g/mol. The Labute approximate surface area is 135 Å². The van der Waals surface area contributed by atoms with E-state index in [1.165, 1.54) is 0 Å². The molecule has 0 aliphatic heterocycles. The number of benzene rings is 1. The zero-order valence-corrected chi connectivity index (χ0v) is 12.9. The maximum Gasteiger partial charge on any atom is 0.344 e. The van der Waals surface area contributed by atoms with Crippen LogP contribution in [0.15, 0.2) is 60.7 Å². The summed E-state index contributed by atoms with van der Waals surface area (Å²) in [5, 5.41) is 0.796. The topological polar surface area (TPSA) is 51.3 Å². The van der Waals surface area contributed by atoms with Crippen LogP contribution in [0.25, 0.3) is 10.9 Å². The van der Waals surface area contributed by atoms with Gasteiger partial charge >= 0.3 is 5.97 Å². The van der Waals surface area contributed by atoms with Gasteiger partial charge < -0.3 is 14.5 Å². The molecule has 0 fully saturated rings. The lowest BCUT2D eigenvalue weighted by molar-refractivity contribution is 0.0540. The Bertz CT molecular complexity index is 783. The third-order valence-corrected chi connectivity index (χ3v) is 3.66. The van der Waals surface area contributed by atoms with Gasteiger partial charge in [-0.05, 0) is 24.5 Å². The number of para-hydroxylation sites is 1. The zero-order chi connectivity index (χ0) is 16.1. The van der Waals surface area contributed by atoms with Crippen LogP contribution in [0.2, 0.25) is 0 Å². The molecule has 0 bridgehead atoms. The van der Waals surface area contributed by atoms with Crippen molar-refractivity contribution in [3.05, 3.63) is 66.3 Å². The molecule has 23 heavy (non-hydrogen) atoms. The Morgan fingerprint density at radius 1 is 1.30 bits per heavy atom. The maximum atomic E-state index is 12.5. The summed E-state index contributed by atoms with van der Waals surface area (Å²) in [5.41, 5.74) is 2.30. The van der Waals surface area contributed by atoms with Crippen LogP contribution in [-0.2, 0) is 4.74 Å². The zero-order valence-electron chi connectivity index (χ0n) is 12.9. The lowest BCUT2D eigenvalue weighted by Crippen LogP contribution is -2.09. The second kappa shape index (κ2) is 7.01. The summed E-state index contributed by atoms with van der Waals surface area (Å²) in [6.45, 7) is 4.23. The van der Waals surface area contributed by atoms with Crippen LogP contribution in [0.4, 0.5) is 0 Å². The molecule has 1 aliphatic carbocycles. The highest BCUT2D eigenvalue weighted by atomic mass is 16.5. The molecule has 1 heterocycles. The molecule has 0 radical (unpaired) electrons. The highest BCUT2D eigenvalue weighted by Crippen LogP contribution is 2.29. The van der Waals surface area contributed by atoms with Crippen molar-refractivity contribution in [3.63, 3.8) is 0 Å². The molecule has 1 aromatic carbocycles. The number of carbonyl (C=O) groups is 1. The molecule has 0 spiro atoms. The van der Waals surface area contributed by atoms with Gasteiger partial charge in [-0.25, -0.2) is 4.79 Å². The molecule has 3 rings (SSSR count). The lowest BCUT2D eigenvalue weighted by Gasteiger charge is -2.09. The molecule has 1 N–H and O–H groups in total. The lowest BCUT2D eigenvalue weighted by atomic mass is 10.1. The van der Waals surface area contributed by atoms with E-state index in [2.05, 4.69) is 23.7 Å². The van der Waals surface area contributed by atoms with E-state index in [4.69, 9.17) is 9.47 Å². The monoisotopic (exact) mass is 309 g/mol. The molecule has 4 nitrogen and oxygen atoms in total. The van der Waals surface area contributed by atoms with E-state index in [0.717, 1.165) is 29.3 Å². The fraction of sp³-hybridized carbons (Fsp3) is 0.211. The Kier molecular flexibility index (Phi) is 4.62. The predicted molar refractivity (Wildman–Crippen MR) is 90.7 cm³/mol. The minimum Gasteiger partial charge on any atom is -0.474 e. The Hall–Kier alpha value is -2.75. The predicted octanol–water partition coefficient (Wildman–Crippen LogP) is 4.17. The van der Waals surface area contributed by atoms with Gasteiger partial charge in [0.15, 0.2) is 0 Å².